The number of amides is 1. The summed E-state index contributed by atoms with van der Waals surface area (Å²) in [6.45, 7) is 8.29. The van der Waals surface area contributed by atoms with Crippen LogP contribution in [0.15, 0.2) is 61.2 Å². The molecule has 10 heteroatoms. The first-order valence-corrected chi connectivity index (χ1v) is 20.0. The lowest BCUT2D eigenvalue weighted by atomic mass is 9.70. The number of aliphatic hydroxyl groups is 1. The number of benzene rings is 2. The lowest BCUT2D eigenvalue weighted by molar-refractivity contribution is 0.0461. The van der Waals surface area contributed by atoms with Crippen molar-refractivity contribution >= 4 is 33.2 Å². The summed E-state index contributed by atoms with van der Waals surface area (Å²) < 4.78 is 41.8. The summed E-state index contributed by atoms with van der Waals surface area (Å²) in [4.78, 5) is 16.0. The highest BCUT2D eigenvalue weighted by atomic mass is 35.5. The predicted molar refractivity (Wildman–Crippen MR) is 197 cm³/mol. The van der Waals surface area contributed by atoms with Crippen LogP contribution < -0.4 is 14.4 Å². The van der Waals surface area contributed by atoms with Crippen LogP contribution in [0.2, 0.25) is 5.02 Å². The fraction of sp³-hybridized carbons (Fsp3) is 0.564. The third-order valence-electron chi connectivity index (χ3n) is 10.3. The fourth-order valence-corrected chi connectivity index (χ4v) is 8.93. The van der Waals surface area contributed by atoms with Crippen LogP contribution >= 0.6 is 11.6 Å². The quantitative estimate of drug-likeness (QED) is 0.193. The Hall–Kier alpha value is -2.85. The molecule has 5 rings (SSSR count). The normalized spacial score (nSPS) is 22.6. The molecule has 3 aliphatic rings. The summed E-state index contributed by atoms with van der Waals surface area (Å²) in [7, 11) is -3.99. The highest BCUT2D eigenvalue weighted by molar-refractivity contribution is 7.90. The molecule has 2 aromatic carbocycles. The number of allylic oxidation sites excluding steroid dienone is 2. The number of nitrogens with one attached hydrogen (secondary N) is 1. The van der Waals surface area contributed by atoms with Gasteiger partial charge < -0.3 is 19.5 Å². The minimum Gasteiger partial charge on any atom is -0.487 e. The number of carbonyl (C=O) groups is 1. The smallest absolute Gasteiger partial charge is 0.264 e. The number of carbonyl (C=O) groups excluding carboxylic acids is 1. The Morgan fingerprint density at radius 1 is 1.12 bits per heavy atom. The summed E-state index contributed by atoms with van der Waals surface area (Å²) >= 11 is 6.35. The second-order valence-corrected chi connectivity index (χ2v) is 16.2. The largest absolute Gasteiger partial charge is 0.487 e. The van der Waals surface area contributed by atoms with Crippen LogP contribution in [0, 0.1) is 11.8 Å². The third kappa shape index (κ3) is 10.1. The second kappa shape index (κ2) is 17.9. The van der Waals surface area contributed by atoms with E-state index in [2.05, 4.69) is 29.2 Å². The Labute approximate surface area is 298 Å². The molecule has 2 fully saturated rings. The van der Waals surface area contributed by atoms with E-state index in [0.717, 1.165) is 75.6 Å². The molecular formula is C39H53ClN2O6S. The maximum atomic E-state index is 13.7. The average Bonchev–Trinajstić information content (AvgIpc) is 3.57. The van der Waals surface area contributed by atoms with Gasteiger partial charge in [-0.1, -0.05) is 49.2 Å². The first kappa shape index (κ1) is 37.4. The van der Waals surface area contributed by atoms with E-state index >= 15 is 0 Å². The molecule has 2 heterocycles. The van der Waals surface area contributed by atoms with Gasteiger partial charge in [-0.25, -0.2) is 13.1 Å². The van der Waals surface area contributed by atoms with Crippen LogP contribution in [0.25, 0.3) is 0 Å². The van der Waals surface area contributed by atoms with Gasteiger partial charge in [0.25, 0.3) is 5.91 Å². The number of nitrogens with zero attached hydrogens (tertiary/aromatic N) is 1. The summed E-state index contributed by atoms with van der Waals surface area (Å²) in [6, 6.07) is 11.1. The van der Waals surface area contributed by atoms with Gasteiger partial charge in [0.05, 0.1) is 23.1 Å². The minimum atomic E-state index is -3.99. The van der Waals surface area contributed by atoms with Gasteiger partial charge in [-0.3, -0.25) is 4.79 Å². The van der Waals surface area contributed by atoms with E-state index < -0.39 is 27.3 Å². The van der Waals surface area contributed by atoms with E-state index in [1.54, 1.807) is 24.3 Å². The lowest BCUT2D eigenvalue weighted by Gasteiger charge is -2.42. The van der Waals surface area contributed by atoms with Crippen LogP contribution in [0.3, 0.4) is 0 Å². The number of hydrogen-bond acceptors (Lipinski definition) is 7. The molecule has 0 unspecified atom stereocenters. The second-order valence-electron chi connectivity index (χ2n) is 13.8. The summed E-state index contributed by atoms with van der Waals surface area (Å²) in [5.74, 6) is 0.404. The van der Waals surface area contributed by atoms with E-state index in [9.17, 15) is 18.3 Å². The van der Waals surface area contributed by atoms with Gasteiger partial charge in [0.15, 0.2) is 0 Å². The number of unbranched alkanes of at least 4 members (excludes halogenated alkanes) is 1. The van der Waals surface area contributed by atoms with Crippen molar-refractivity contribution in [3.8, 4) is 5.75 Å². The summed E-state index contributed by atoms with van der Waals surface area (Å²) in [5, 5.41) is 10.9. The molecule has 8 nitrogen and oxygen atoms in total. The molecule has 0 radical (unpaired) electrons. The van der Waals surface area contributed by atoms with Crippen molar-refractivity contribution in [2.45, 2.75) is 108 Å². The number of rotatable bonds is 14. The van der Waals surface area contributed by atoms with Gasteiger partial charge in [0, 0.05) is 30.3 Å². The van der Waals surface area contributed by atoms with Gasteiger partial charge in [0.2, 0.25) is 10.0 Å². The molecule has 2 aromatic rings. The van der Waals surface area contributed by atoms with Crippen molar-refractivity contribution in [2.75, 3.05) is 24.6 Å². The van der Waals surface area contributed by atoms with E-state index in [1.165, 1.54) is 5.56 Å². The molecule has 0 bridgehead atoms. The van der Waals surface area contributed by atoms with Crippen LogP contribution in [-0.4, -0.2) is 56.6 Å². The number of aliphatic hydroxyl groups excluding tert-OH is 1. The van der Waals surface area contributed by atoms with Crippen molar-refractivity contribution in [2.24, 2.45) is 11.8 Å². The van der Waals surface area contributed by atoms with Gasteiger partial charge in [0.1, 0.15) is 12.4 Å². The van der Waals surface area contributed by atoms with E-state index in [-0.39, 0.29) is 23.5 Å². The van der Waals surface area contributed by atoms with Crippen LogP contribution in [0.1, 0.15) is 99.0 Å². The Morgan fingerprint density at radius 3 is 2.71 bits per heavy atom. The summed E-state index contributed by atoms with van der Waals surface area (Å²) in [6.07, 6.45) is 14.8. The number of sulfonamides is 1. The van der Waals surface area contributed by atoms with Crippen molar-refractivity contribution in [1.29, 1.82) is 0 Å². The number of ether oxygens (including phenoxy) is 2. The fourth-order valence-electron chi connectivity index (χ4n) is 7.28. The molecule has 1 amide bonds. The van der Waals surface area contributed by atoms with E-state index in [1.807, 2.05) is 24.3 Å². The Morgan fingerprint density at radius 2 is 1.98 bits per heavy atom. The molecule has 2 aliphatic heterocycles. The molecule has 1 saturated heterocycles. The van der Waals surface area contributed by atoms with E-state index in [0.29, 0.717) is 49.8 Å². The maximum Gasteiger partial charge on any atom is 0.264 e. The van der Waals surface area contributed by atoms with Crippen molar-refractivity contribution in [1.82, 2.24) is 4.72 Å². The Kier molecular flexibility index (Phi) is 13.7. The molecule has 2 N–H and O–H groups in total. The highest BCUT2D eigenvalue weighted by Crippen LogP contribution is 2.41. The van der Waals surface area contributed by atoms with Gasteiger partial charge >= 0.3 is 0 Å². The lowest BCUT2D eigenvalue weighted by Crippen LogP contribution is -2.43. The number of aryl methyl sites for hydroxylation is 1. The zero-order valence-corrected chi connectivity index (χ0v) is 30.4. The van der Waals surface area contributed by atoms with Crippen molar-refractivity contribution in [3.05, 3.63) is 82.9 Å². The van der Waals surface area contributed by atoms with E-state index in [4.69, 9.17) is 21.1 Å². The number of halogens is 1. The Balaban J connectivity index is 1.41. The molecule has 49 heavy (non-hydrogen) atoms. The SMILES string of the molecule is C=CCC[C@@H](C[C@@H]1CCCO1)S(=O)(=O)NC(=O)c1ccc2c(c1)N(C[C@@H]1CC[C@H]1[C@@H](O)/C=C/CCC)CCCCc1cc(Cl)ccc1CO2. The third-order valence-corrected chi connectivity index (χ3v) is 12.3. The number of hydrogen-bond donors (Lipinski definition) is 2. The van der Waals surface area contributed by atoms with Crippen LogP contribution in [0.5, 0.6) is 5.75 Å². The molecule has 5 atom stereocenters. The Bertz CT molecular complexity index is 1560. The van der Waals surface area contributed by atoms with Gasteiger partial charge in [-0.05, 0) is 124 Å². The molecule has 1 saturated carbocycles. The molecule has 0 aromatic heterocycles. The first-order chi connectivity index (χ1) is 23.7. The van der Waals surface area contributed by atoms with Gasteiger partial charge in [-0.15, -0.1) is 6.58 Å². The van der Waals surface area contributed by atoms with Crippen LogP contribution in [0.4, 0.5) is 5.69 Å². The monoisotopic (exact) mass is 712 g/mol. The zero-order chi connectivity index (χ0) is 34.8. The topological polar surface area (TPSA) is 105 Å². The molecular weight excluding hydrogens is 660 g/mol. The van der Waals surface area contributed by atoms with Crippen LogP contribution in [-0.2, 0) is 27.8 Å². The predicted octanol–water partition coefficient (Wildman–Crippen LogP) is 7.77. The maximum absolute atomic E-state index is 13.7. The molecule has 0 spiro atoms. The molecule has 268 valence electrons. The number of anilines is 1. The van der Waals surface area contributed by atoms with Gasteiger partial charge in [-0.2, -0.15) is 0 Å². The van der Waals surface area contributed by atoms with Crippen molar-refractivity contribution < 1.29 is 27.8 Å². The first-order valence-electron chi connectivity index (χ1n) is 18.1. The van der Waals surface area contributed by atoms with Crippen molar-refractivity contribution in [3.63, 3.8) is 0 Å². The standard InChI is InChI=1S/C39H53ClN2O6S/c1-3-5-7-14-37(43)35-19-16-30(35)26-42-21-9-8-11-28-23-32(40)18-15-31(28)27-48-38-20-17-29(24-36(38)42)39(44)41-49(45,46)34(13-6-4-2)25-33-12-10-22-47-33/h4,7,14-15,17-18,20,23-24,30,33-35,37,43H,2-3,5-6,8-13,16,19,21-22,25-27H2,1H3,(H,41,44)/b14-7+/t30-,33-,34-,35+,37-/m0/s1. The molecule has 1 aliphatic carbocycles. The summed E-state index contributed by atoms with van der Waals surface area (Å²) in [5.41, 5.74) is 3.24. The number of fused-ring (bicyclic) bond motifs is 2. The average molecular weight is 713 g/mol. The zero-order valence-electron chi connectivity index (χ0n) is 28.8. The highest BCUT2D eigenvalue weighted by Gasteiger charge is 2.37. The minimum absolute atomic E-state index is 0.127.